The first-order valence-electron chi connectivity index (χ1n) is 7.69. The van der Waals surface area contributed by atoms with E-state index in [-0.39, 0.29) is 0 Å². The molecule has 1 aliphatic heterocycles. The van der Waals surface area contributed by atoms with Crippen molar-refractivity contribution in [3.63, 3.8) is 0 Å². The van der Waals surface area contributed by atoms with Crippen molar-refractivity contribution in [1.29, 1.82) is 0 Å². The third-order valence-corrected chi connectivity index (χ3v) is 4.98. The van der Waals surface area contributed by atoms with E-state index in [1.165, 1.54) is 35.9 Å². The third kappa shape index (κ3) is 3.77. The van der Waals surface area contributed by atoms with E-state index < -0.39 is 0 Å². The number of piperazine rings is 1. The zero-order chi connectivity index (χ0) is 14.5. The van der Waals surface area contributed by atoms with E-state index in [0.717, 1.165) is 19.6 Å². The lowest BCUT2D eigenvalue weighted by Crippen LogP contribution is -2.46. The summed E-state index contributed by atoms with van der Waals surface area (Å²) < 4.78 is 0. The second-order valence-electron chi connectivity index (χ2n) is 5.40. The molecule has 1 fully saturated rings. The Hall–Kier alpha value is -1.52. The van der Waals surface area contributed by atoms with Gasteiger partial charge in [0.2, 0.25) is 0 Å². The summed E-state index contributed by atoms with van der Waals surface area (Å²) in [5.74, 6) is 0. The Morgan fingerprint density at radius 3 is 2.43 bits per heavy atom. The van der Waals surface area contributed by atoms with Crippen LogP contribution >= 0.6 is 11.3 Å². The second-order valence-corrected chi connectivity index (χ2v) is 6.43. The van der Waals surface area contributed by atoms with Gasteiger partial charge in [-0.15, -0.1) is 11.3 Å². The molecule has 3 rings (SSSR count). The maximum atomic E-state index is 3.48. The van der Waals surface area contributed by atoms with Gasteiger partial charge in [-0.05, 0) is 42.3 Å². The van der Waals surface area contributed by atoms with Gasteiger partial charge in [-0.1, -0.05) is 13.0 Å². The highest BCUT2D eigenvalue weighted by Gasteiger charge is 2.15. The van der Waals surface area contributed by atoms with Gasteiger partial charge in [-0.3, -0.25) is 0 Å². The number of thiophene rings is 1. The number of nitrogens with one attached hydrogen (secondary N) is 1. The molecule has 0 aliphatic carbocycles. The highest BCUT2D eigenvalue weighted by molar-refractivity contribution is 7.09. The number of rotatable bonds is 5. The largest absolute Gasteiger partial charge is 0.380 e. The van der Waals surface area contributed by atoms with Crippen molar-refractivity contribution in [2.45, 2.75) is 13.5 Å². The molecule has 4 heteroatoms. The molecule has 0 spiro atoms. The summed E-state index contributed by atoms with van der Waals surface area (Å²) >= 11 is 1.79. The summed E-state index contributed by atoms with van der Waals surface area (Å²) in [6, 6.07) is 13.1. The van der Waals surface area contributed by atoms with Crippen LogP contribution in [0.4, 0.5) is 11.4 Å². The summed E-state index contributed by atoms with van der Waals surface area (Å²) in [5, 5.41) is 5.60. The molecule has 1 aliphatic rings. The molecular formula is C17H23N3S. The van der Waals surface area contributed by atoms with Crippen molar-refractivity contribution >= 4 is 22.7 Å². The predicted octanol–water partition coefficient (Wildman–Crippen LogP) is 3.50. The van der Waals surface area contributed by atoms with Crippen LogP contribution < -0.4 is 10.2 Å². The van der Waals surface area contributed by atoms with Crippen molar-refractivity contribution < 1.29 is 0 Å². The zero-order valence-electron chi connectivity index (χ0n) is 12.6. The fourth-order valence-electron chi connectivity index (χ4n) is 2.71. The van der Waals surface area contributed by atoms with Crippen LogP contribution in [0.1, 0.15) is 11.8 Å². The van der Waals surface area contributed by atoms with E-state index in [4.69, 9.17) is 0 Å². The summed E-state index contributed by atoms with van der Waals surface area (Å²) in [4.78, 5) is 6.36. The molecule has 21 heavy (non-hydrogen) atoms. The first-order chi connectivity index (χ1) is 10.3. The molecule has 1 saturated heterocycles. The molecule has 3 nitrogen and oxygen atoms in total. The average Bonchev–Trinajstić information content (AvgIpc) is 3.07. The highest BCUT2D eigenvalue weighted by Crippen LogP contribution is 2.20. The van der Waals surface area contributed by atoms with Gasteiger partial charge in [-0.25, -0.2) is 0 Å². The molecule has 0 bridgehead atoms. The number of likely N-dealkylation sites (N-methyl/N-ethyl adjacent to an activating group) is 1. The zero-order valence-corrected chi connectivity index (χ0v) is 13.4. The average molecular weight is 301 g/mol. The quantitative estimate of drug-likeness (QED) is 0.912. The molecular weight excluding hydrogens is 278 g/mol. The van der Waals surface area contributed by atoms with Crippen molar-refractivity contribution in [2.24, 2.45) is 0 Å². The molecule has 0 unspecified atom stereocenters. The Morgan fingerprint density at radius 2 is 1.81 bits per heavy atom. The van der Waals surface area contributed by atoms with Crippen LogP contribution in [0, 0.1) is 0 Å². The van der Waals surface area contributed by atoms with Crippen molar-refractivity contribution in [2.75, 3.05) is 42.9 Å². The fourth-order valence-corrected chi connectivity index (χ4v) is 3.36. The minimum Gasteiger partial charge on any atom is -0.380 e. The molecule has 1 N–H and O–H groups in total. The summed E-state index contributed by atoms with van der Waals surface area (Å²) in [6.45, 7) is 8.94. The lowest BCUT2D eigenvalue weighted by molar-refractivity contribution is 0.271. The van der Waals surface area contributed by atoms with E-state index in [0.29, 0.717) is 0 Å². The van der Waals surface area contributed by atoms with Crippen molar-refractivity contribution in [3.05, 3.63) is 46.7 Å². The minimum absolute atomic E-state index is 0.909. The smallest absolute Gasteiger partial charge is 0.0494 e. The predicted molar refractivity (Wildman–Crippen MR) is 92.4 cm³/mol. The van der Waals surface area contributed by atoms with Gasteiger partial charge in [0.15, 0.2) is 0 Å². The molecule has 1 aromatic heterocycles. The second kappa shape index (κ2) is 6.96. The van der Waals surface area contributed by atoms with E-state index in [9.17, 15) is 0 Å². The lowest BCUT2D eigenvalue weighted by Gasteiger charge is -2.35. The lowest BCUT2D eigenvalue weighted by atomic mass is 10.2. The van der Waals surface area contributed by atoms with Crippen LogP contribution in [0.2, 0.25) is 0 Å². The van der Waals surface area contributed by atoms with Crippen LogP contribution in [0.25, 0.3) is 0 Å². The monoisotopic (exact) mass is 301 g/mol. The Labute approximate surface area is 131 Å². The van der Waals surface area contributed by atoms with Gasteiger partial charge >= 0.3 is 0 Å². The molecule has 112 valence electrons. The summed E-state index contributed by atoms with van der Waals surface area (Å²) in [7, 11) is 0. The van der Waals surface area contributed by atoms with Gasteiger partial charge in [-0.2, -0.15) is 0 Å². The molecule has 0 amide bonds. The Bertz CT molecular complexity index is 528. The van der Waals surface area contributed by atoms with Gasteiger partial charge in [0, 0.05) is 49.0 Å². The first-order valence-corrected chi connectivity index (χ1v) is 8.57. The van der Waals surface area contributed by atoms with E-state index in [1.54, 1.807) is 11.3 Å². The number of hydrogen-bond acceptors (Lipinski definition) is 4. The maximum Gasteiger partial charge on any atom is 0.0494 e. The maximum absolute atomic E-state index is 3.48. The Balaban J connectivity index is 1.54. The van der Waals surface area contributed by atoms with Crippen molar-refractivity contribution in [1.82, 2.24) is 4.90 Å². The van der Waals surface area contributed by atoms with Gasteiger partial charge in [0.1, 0.15) is 0 Å². The van der Waals surface area contributed by atoms with Crippen LogP contribution in [0.15, 0.2) is 41.8 Å². The highest BCUT2D eigenvalue weighted by atomic mass is 32.1. The Morgan fingerprint density at radius 1 is 1.05 bits per heavy atom. The Kier molecular flexibility index (Phi) is 4.78. The van der Waals surface area contributed by atoms with Crippen LogP contribution in [-0.4, -0.2) is 37.6 Å². The van der Waals surface area contributed by atoms with Crippen LogP contribution in [0.3, 0.4) is 0 Å². The van der Waals surface area contributed by atoms with Gasteiger partial charge in [0.25, 0.3) is 0 Å². The number of nitrogens with zero attached hydrogens (tertiary/aromatic N) is 2. The summed E-state index contributed by atoms with van der Waals surface area (Å²) in [6.07, 6.45) is 0. The SMILES string of the molecule is CCN1CCN(c2ccc(NCc3cccs3)cc2)CC1. The fraction of sp³-hybridized carbons (Fsp3) is 0.412. The topological polar surface area (TPSA) is 18.5 Å². The molecule has 2 heterocycles. The molecule has 1 aromatic carbocycles. The number of anilines is 2. The van der Waals surface area contributed by atoms with E-state index >= 15 is 0 Å². The third-order valence-electron chi connectivity index (χ3n) is 4.10. The van der Waals surface area contributed by atoms with Gasteiger partial charge in [0.05, 0.1) is 0 Å². The number of hydrogen-bond donors (Lipinski definition) is 1. The summed E-state index contributed by atoms with van der Waals surface area (Å²) in [5.41, 5.74) is 2.53. The minimum atomic E-state index is 0.909. The van der Waals surface area contributed by atoms with E-state index in [1.807, 2.05) is 0 Å². The molecule has 2 aromatic rings. The first kappa shape index (κ1) is 14.4. The normalized spacial score (nSPS) is 16.1. The number of benzene rings is 1. The van der Waals surface area contributed by atoms with Crippen LogP contribution in [-0.2, 0) is 6.54 Å². The van der Waals surface area contributed by atoms with Crippen LogP contribution in [0.5, 0.6) is 0 Å². The molecule has 0 saturated carbocycles. The standard InChI is InChI=1S/C17H23N3S/c1-2-19-9-11-20(12-10-19)16-7-5-15(6-8-16)18-14-17-4-3-13-21-17/h3-8,13,18H,2,9-12,14H2,1H3. The van der Waals surface area contributed by atoms with Gasteiger partial charge < -0.3 is 15.1 Å². The molecule has 0 radical (unpaired) electrons. The van der Waals surface area contributed by atoms with Crippen molar-refractivity contribution in [3.8, 4) is 0 Å². The molecule has 0 atom stereocenters. The van der Waals surface area contributed by atoms with E-state index in [2.05, 4.69) is 63.8 Å².